The second-order valence-corrected chi connectivity index (χ2v) is 15.8. The number of nitrogens with one attached hydrogen (secondary N) is 1. The van der Waals surface area contributed by atoms with Gasteiger partial charge in [0.15, 0.2) is 30.0 Å². The summed E-state index contributed by atoms with van der Waals surface area (Å²) in [6.45, 7) is -0.331. The predicted octanol–water partition coefficient (Wildman–Crippen LogP) is 2.67. The molecule has 2 fully saturated rings. The van der Waals surface area contributed by atoms with E-state index in [0.29, 0.717) is 44.7 Å². The lowest BCUT2D eigenvalue weighted by Crippen LogP contribution is -2.64. The first-order valence-electron chi connectivity index (χ1n) is 19.9. The van der Waals surface area contributed by atoms with Gasteiger partial charge in [0.1, 0.15) is 47.2 Å². The number of phenols is 1. The molecule has 0 unspecified atom stereocenters. The summed E-state index contributed by atoms with van der Waals surface area (Å²) in [4.78, 5) is 46.4. The summed E-state index contributed by atoms with van der Waals surface area (Å²) in [5, 5.41) is 36.8. The zero-order valence-electron chi connectivity index (χ0n) is 32.1. The van der Waals surface area contributed by atoms with Gasteiger partial charge >= 0.3 is 0 Å². The lowest BCUT2D eigenvalue weighted by atomic mass is 9.86. The third-order valence-corrected chi connectivity index (χ3v) is 12.5. The first-order valence-corrected chi connectivity index (χ1v) is 19.9. The van der Waals surface area contributed by atoms with Crippen molar-refractivity contribution in [2.24, 2.45) is 0 Å². The highest BCUT2D eigenvalue weighted by Crippen LogP contribution is 2.49. The van der Waals surface area contributed by atoms with E-state index < -0.39 is 42.6 Å². The number of benzene rings is 3. The summed E-state index contributed by atoms with van der Waals surface area (Å²) in [5.41, 5.74) is 4.61. The Kier molecular flexibility index (Phi) is 9.25. The maximum absolute atomic E-state index is 14.7. The minimum atomic E-state index is -1.62. The van der Waals surface area contributed by atoms with Gasteiger partial charge < -0.3 is 43.9 Å². The van der Waals surface area contributed by atoms with E-state index in [4.69, 9.17) is 23.7 Å². The van der Waals surface area contributed by atoms with E-state index in [0.717, 1.165) is 36.8 Å². The number of Topliss-reactive ketones (excluding diaryl/α,β-unsaturated/α-hetero) is 1. The Balaban J connectivity index is 1.21. The molecule has 300 valence electrons. The van der Waals surface area contributed by atoms with Crippen LogP contribution in [0.2, 0.25) is 0 Å². The van der Waals surface area contributed by atoms with Gasteiger partial charge in [0, 0.05) is 24.6 Å². The van der Waals surface area contributed by atoms with Crippen LogP contribution in [-0.4, -0.2) is 101 Å². The smallest absolute Gasteiger partial charge is 0.254 e. The van der Waals surface area contributed by atoms with E-state index in [-0.39, 0.29) is 66.2 Å². The average Bonchev–Trinajstić information content (AvgIpc) is 3.99. The fourth-order valence-electron chi connectivity index (χ4n) is 9.50. The molecule has 8 bridgehead atoms. The van der Waals surface area contributed by atoms with Crippen LogP contribution in [0.4, 0.5) is 0 Å². The van der Waals surface area contributed by atoms with Gasteiger partial charge in [-0.15, -0.1) is 0 Å². The van der Waals surface area contributed by atoms with Gasteiger partial charge in [-0.1, -0.05) is 43.0 Å². The average molecular weight is 798 g/mol. The SMILES string of the molecule is COc1cc2cc(C3CCCC3)c3c(O)c2c2c1/C=C/[C@H](C1=C4C(=O)C=CC=C4[NH+]=C1)OC[C@H]1O[C@H](O2)[C@H](O)[C@@H](OC#CCc2cccc4c2CN(CC3=O)C4=O)[C@@H]1O. The minimum absolute atomic E-state index is 0.0173. The number of methoxy groups -OCH3 is 1. The van der Waals surface area contributed by atoms with Gasteiger partial charge in [0.25, 0.3) is 5.91 Å². The Labute approximate surface area is 338 Å². The summed E-state index contributed by atoms with van der Waals surface area (Å²) in [6.07, 6.45) is 8.41. The van der Waals surface area contributed by atoms with Crippen LogP contribution in [0.25, 0.3) is 16.8 Å². The molecule has 5 heterocycles. The van der Waals surface area contributed by atoms with Gasteiger partial charge in [-0.3, -0.25) is 14.4 Å². The number of phenolic OH excluding ortho intramolecular Hbond substituents is 1. The molecule has 3 aromatic carbocycles. The number of ether oxygens (including phenoxy) is 5. The van der Waals surface area contributed by atoms with E-state index in [9.17, 15) is 29.7 Å². The Morgan fingerprint density at radius 3 is 2.71 bits per heavy atom. The highest BCUT2D eigenvalue weighted by Gasteiger charge is 2.49. The van der Waals surface area contributed by atoms with Crippen LogP contribution in [0, 0.1) is 12.0 Å². The zero-order valence-corrected chi connectivity index (χ0v) is 32.1. The molecule has 6 atom stereocenters. The molecule has 0 aromatic heterocycles. The molecule has 0 radical (unpaired) electrons. The zero-order chi connectivity index (χ0) is 40.5. The predicted molar refractivity (Wildman–Crippen MR) is 212 cm³/mol. The van der Waals surface area contributed by atoms with Gasteiger partial charge in [-0.2, -0.15) is 0 Å². The summed E-state index contributed by atoms with van der Waals surface area (Å²) in [5.74, 6) is 2.01. The molecule has 10 rings (SSSR count). The minimum Gasteiger partial charge on any atom is -0.506 e. The normalized spacial score (nSPS) is 27.9. The standard InChI is InChI=1S/C46H40N2O11/c1-55-35-18-25-17-28(23-7-2-3-8-23)39-33(50)21-48-20-30-24(9-4-11-26(30)45(48)54)10-6-16-56-44-40(51)36-22-57-34(29-19-47-31-12-5-13-32(49)38(29)31)15-14-27(35)43(37(25)41(39)52)59-46(58-36)42(44)53/h4-5,9,11-15,17-19,23,34,36,40,42,44,46,51-53H,2-3,7-8,10,20-22H2,1H3/p+1/b15-14+/t34-,36-,40-,42-,44+,46-/m1/s1. The number of rotatable bonds is 3. The fourth-order valence-corrected chi connectivity index (χ4v) is 9.50. The van der Waals surface area contributed by atoms with Crippen molar-refractivity contribution in [1.29, 1.82) is 0 Å². The largest absolute Gasteiger partial charge is 0.506 e. The highest BCUT2D eigenvalue weighted by molar-refractivity contribution is 6.13. The number of fused-ring (bicyclic) bond motifs is 5. The fraction of sp³-hybridized carbons (Fsp3) is 0.348. The molecule has 1 saturated carbocycles. The number of ketones is 2. The first-order chi connectivity index (χ1) is 28.7. The number of allylic oxidation sites excluding steroid dienone is 4. The highest BCUT2D eigenvalue weighted by atomic mass is 16.7. The van der Waals surface area contributed by atoms with E-state index in [2.05, 4.69) is 17.0 Å². The van der Waals surface area contributed by atoms with Crippen LogP contribution in [0.5, 0.6) is 17.2 Å². The number of aliphatic hydroxyl groups excluding tert-OH is 2. The van der Waals surface area contributed by atoms with Crippen molar-refractivity contribution in [3.63, 3.8) is 0 Å². The molecule has 4 N–H and O–H groups in total. The van der Waals surface area contributed by atoms with Crippen molar-refractivity contribution in [1.82, 2.24) is 4.90 Å². The number of hydrogen-bond acceptors (Lipinski definition) is 11. The van der Waals surface area contributed by atoms with Gasteiger partial charge in [-0.05, 0) is 71.2 Å². The summed E-state index contributed by atoms with van der Waals surface area (Å²) in [7, 11) is 1.49. The quantitative estimate of drug-likeness (QED) is 0.287. The monoisotopic (exact) mass is 797 g/mol. The molecule has 13 nitrogen and oxygen atoms in total. The lowest BCUT2D eigenvalue weighted by molar-refractivity contribution is -0.382. The van der Waals surface area contributed by atoms with Crippen LogP contribution in [0.15, 0.2) is 71.5 Å². The molecular formula is C46H41N2O11+. The third-order valence-electron chi connectivity index (χ3n) is 12.5. The van der Waals surface area contributed by atoms with Crippen LogP contribution in [0.3, 0.4) is 0 Å². The number of aliphatic hydroxyl groups is 2. The van der Waals surface area contributed by atoms with Crippen molar-refractivity contribution in [2.45, 2.75) is 81.4 Å². The van der Waals surface area contributed by atoms with Crippen molar-refractivity contribution < 1.29 is 58.4 Å². The molecule has 7 aliphatic rings. The molecule has 5 aliphatic heterocycles. The molecular weight excluding hydrogens is 757 g/mol. The van der Waals surface area contributed by atoms with Crippen molar-refractivity contribution in [3.8, 4) is 29.3 Å². The Bertz CT molecular complexity index is 2570. The molecule has 1 amide bonds. The van der Waals surface area contributed by atoms with Gasteiger partial charge in [-0.25, -0.2) is 4.99 Å². The van der Waals surface area contributed by atoms with E-state index in [1.807, 2.05) is 12.1 Å². The Morgan fingerprint density at radius 1 is 1.03 bits per heavy atom. The molecule has 0 spiro atoms. The second-order valence-electron chi connectivity index (χ2n) is 15.8. The maximum Gasteiger partial charge on any atom is 0.254 e. The van der Waals surface area contributed by atoms with Crippen LogP contribution >= 0.6 is 0 Å². The van der Waals surface area contributed by atoms with Gasteiger partial charge in [0.05, 0.1) is 42.3 Å². The number of nitrogens with zero attached hydrogens (tertiary/aromatic N) is 1. The molecule has 1 saturated heterocycles. The topological polar surface area (TPSA) is 175 Å². The number of hydrogen-bond donors (Lipinski definition) is 4. The van der Waals surface area contributed by atoms with Crippen LogP contribution in [0.1, 0.15) is 74.6 Å². The Hall–Kier alpha value is -6.04. The van der Waals surface area contributed by atoms with Crippen molar-refractivity contribution in [2.75, 3.05) is 20.3 Å². The third kappa shape index (κ3) is 6.17. The lowest BCUT2D eigenvalue weighted by Gasteiger charge is -2.41. The van der Waals surface area contributed by atoms with Crippen molar-refractivity contribution in [3.05, 3.63) is 105 Å². The molecule has 2 aliphatic carbocycles. The summed E-state index contributed by atoms with van der Waals surface area (Å²) in [6, 6.07) is 8.99. The van der Waals surface area contributed by atoms with E-state index in [1.165, 1.54) is 18.1 Å². The Morgan fingerprint density at radius 2 is 1.88 bits per heavy atom. The number of aromatic hydroxyl groups is 1. The van der Waals surface area contributed by atoms with Crippen LogP contribution in [-0.2, 0) is 32.0 Å². The molecule has 13 heteroatoms. The molecule has 3 aromatic rings. The maximum atomic E-state index is 14.7. The van der Waals surface area contributed by atoms with Crippen LogP contribution < -0.4 is 14.5 Å². The van der Waals surface area contributed by atoms with Crippen molar-refractivity contribution >= 4 is 40.5 Å². The van der Waals surface area contributed by atoms with E-state index in [1.54, 1.807) is 48.7 Å². The number of amides is 1. The first kappa shape index (κ1) is 37.2. The summed E-state index contributed by atoms with van der Waals surface area (Å²) < 4.78 is 31.3. The summed E-state index contributed by atoms with van der Waals surface area (Å²) >= 11 is 0. The van der Waals surface area contributed by atoms with Gasteiger partial charge in [0.2, 0.25) is 12.0 Å². The van der Waals surface area contributed by atoms with E-state index >= 15 is 0 Å². The number of carbonyl (C=O) groups is 3. The molecule has 59 heavy (non-hydrogen) atoms. The number of carbonyl (C=O) groups excluding carboxylic acids is 3. The second kappa shape index (κ2) is 14.7.